The molecule has 2 nitrogen and oxygen atoms in total. The van der Waals surface area contributed by atoms with Crippen molar-refractivity contribution in [3.05, 3.63) is 54.1 Å². The average Bonchev–Trinajstić information content (AvgIpc) is 2.38. The highest BCUT2D eigenvalue weighted by molar-refractivity contribution is 5.71. The third kappa shape index (κ3) is 2.79. The van der Waals surface area contributed by atoms with Gasteiger partial charge in [0.25, 0.3) is 0 Å². The molecule has 0 saturated heterocycles. The fourth-order valence-electron chi connectivity index (χ4n) is 2.17. The van der Waals surface area contributed by atoms with E-state index in [0.717, 1.165) is 21.2 Å². The van der Waals surface area contributed by atoms with E-state index in [1.54, 1.807) is 0 Å². The molecule has 0 heterocycles. The molecule has 1 unspecified atom stereocenters. The Morgan fingerprint density at radius 3 is 2.11 bits per heavy atom. The van der Waals surface area contributed by atoms with Gasteiger partial charge in [-0.1, -0.05) is 42.5 Å². The third-order valence-electron chi connectivity index (χ3n) is 3.76. The van der Waals surface area contributed by atoms with Crippen LogP contribution in [0, 0.1) is 0 Å². The maximum atomic E-state index is 10.6. The first-order valence-corrected chi connectivity index (χ1v) is 6.59. The smallest absolute Gasteiger partial charge is 0.132 e. The number of hydrogen-bond acceptors (Lipinski definition) is 1. The predicted octanol–water partition coefficient (Wildman–Crippen LogP) is 3.83. The molecule has 0 aliphatic carbocycles. The zero-order valence-corrected chi connectivity index (χ0v) is 12.1. The number of nitrogens with zero attached hydrogens (tertiary/aromatic N) is 1. The summed E-state index contributed by atoms with van der Waals surface area (Å²) < 4.78 is 0.784. The lowest BCUT2D eigenvalue weighted by molar-refractivity contribution is -0.900. The zero-order chi connectivity index (χ0) is 14.0. The summed E-state index contributed by atoms with van der Waals surface area (Å²) in [5, 5.41) is 10.6. The fraction of sp³-hybridized carbons (Fsp3) is 0.294. The summed E-state index contributed by atoms with van der Waals surface area (Å²) in [5.41, 5.74) is 2.95. The lowest BCUT2D eigenvalue weighted by Gasteiger charge is -2.32. The minimum absolute atomic E-state index is 0.240. The number of hydrogen-bond donors (Lipinski definition) is 1. The number of benzene rings is 2. The molecule has 2 aromatic rings. The van der Waals surface area contributed by atoms with Crippen molar-refractivity contribution in [1.82, 2.24) is 0 Å². The molecule has 0 aliphatic rings. The second kappa shape index (κ2) is 5.06. The molecule has 2 aromatic carbocycles. The Kier molecular flexibility index (Phi) is 3.63. The fourth-order valence-corrected chi connectivity index (χ4v) is 2.17. The second-order valence-corrected chi connectivity index (χ2v) is 5.90. The van der Waals surface area contributed by atoms with Gasteiger partial charge in [0.15, 0.2) is 0 Å². The van der Waals surface area contributed by atoms with Crippen molar-refractivity contribution in [1.29, 1.82) is 0 Å². The first-order valence-electron chi connectivity index (χ1n) is 6.59. The van der Waals surface area contributed by atoms with Gasteiger partial charge in [-0.15, -0.1) is 0 Å². The van der Waals surface area contributed by atoms with Gasteiger partial charge in [-0.2, -0.15) is 0 Å². The lowest BCUT2D eigenvalue weighted by Crippen LogP contribution is -2.37. The largest absolute Gasteiger partial charge is 0.507 e. The summed E-state index contributed by atoms with van der Waals surface area (Å²) in [6.45, 7) is 2.14. The predicted molar refractivity (Wildman–Crippen MR) is 80.0 cm³/mol. The Hall–Kier alpha value is -1.80. The van der Waals surface area contributed by atoms with Crippen molar-refractivity contribution in [2.24, 2.45) is 0 Å². The SMILES string of the molecule is CC(c1cccc(-c2ccccc2)c1O)[N+](C)(C)C. The molecule has 0 spiro atoms. The Bertz CT molecular complexity index is 555. The molecule has 0 fully saturated rings. The number of para-hydroxylation sites is 1. The van der Waals surface area contributed by atoms with Crippen molar-refractivity contribution in [2.75, 3.05) is 21.1 Å². The number of rotatable bonds is 3. The van der Waals surface area contributed by atoms with E-state index in [1.165, 1.54) is 0 Å². The van der Waals surface area contributed by atoms with Crippen LogP contribution in [0.15, 0.2) is 48.5 Å². The Morgan fingerprint density at radius 1 is 0.895 bits per heavy atom. The molecule has 0 saturated carbocycles. The third-order valence-corrected chi connectivity index (χ3v) is 3.76. The van der Waals surface area contributed by atoms with Gasteiger partial charge < -0.3 is 9.59 Å². The molecule has 0 aliphatic heterocycles. The maximum absolute atomic E-state index is 10.6. The topological polar surface area (TPSA) is 20.2 Å². The quantitative estimate of drug-likeness (QED) is 0.828. The number of aromatic hydroxyl groups is 1. The summed E-state index contributed by atoms with van der Waals surface area (Å²) in [4.78, 5) is 0. The Labute approximate surface area is 115 Å². The van der Waals surface area contributed by atoms with E-state index in [9.17, 15) is 5.11 Å². The van der Waals surface area contributed by atoms with Gasteiger partial charge in [-0.25, -0.2) is 0 Å². The molecule has 0 amide bonds. The van der Waals surface area contributed by atoms with Gasteiger partial charge in [0.1, 0.15) is 11.8 Å². The zero-order valence-electron chi connectivity index (χ0n) is 12.1. The van der Waals surface area contributed by atoms with Crippen LogP contribution in [0.4, 0.5) is 0 Å². The molecule has 0 radical (unpaired) electrons. The van der Waals surface area contributed by atoms with Crippen molar-refractivity contribution in [3.63, 3.8) is 0 Å². The van der Waals surface area contributed by atoms with Crippen LogP contribution in [-0.2, 0) is 0 Å². The van der Waals surface area contributed by atoms with E-state index >= 15 is 0 Å². The first kappa shape index (κ1) is 13.6. The van der Waals surface area contributed by atoms with E-state index in [1.807, 2.05) is 48.5 Å². The van der Waals surface area contributed by atoms with Crippen LogP contribution in [0.5, 0.6) is 5.75 Å². The molecule has 1 atom stereocenters. The summed E-state index contributed by atoms with van der Waals surface area (Å²) in [6, 6.07) is 16.2. The van der Waals surface area contributed by atoms with E-state index in [0.29, 0.717) is 5.75 Å². The van der Waals surface area contributed by atoms with E-state index in [-0.39, 0.29) is 6.04 Å². The monoisotopic (exact) mass is 256 g/mol. The van der Waals surface area contributed by atoms with Gasteiger partial charge in [-0.3, -0.25) is 0 Å². The molecular formula is C17H22NO+. The van der Waals surface area contributed by atoms with E-state index < -0.39 is 0 Å². The van der Waals surface area contributed by atoms with Crippen molar-refractivity contribution < 1.29 is 9.59 Å². The summed E-state index contributed by atoms with van der Waals surface area (Å²) in [7, 11) is 6.41. The molecule has 100 valence electrons. The minimum Gasteiger partial charge on any atom is -0.507 e. The lowest BCUT2D eigenvalue weighted by atomic mass is 9.97. The van der Waals surface area contributed by atoms with E-state index in [4.69, 9.17) is 0 Å². The van der Waals surface area contributed by atoms with Gasteiger partial charge in [0.2, 0.25) is 0 Å². The van der Waals surface area contributed by atoms with E-state index in [2.05, 4.69) is 28.1 Å². The molecule has 19 heavy (non-hydrogen) atoms. The van der Waals surface area contributed by atoms with Gasteiger partial charge in [0, 0.05) is 5.56 Å². The van der Waals surface area contributed by atoms with Crippen LogP contribution in [-0.4, -0.2) is 30.7 Å². The van der Waals surface area contributed by atoms with Crippen molar-refractivity contribution >= 4 is 0 Å². The van der Waals surface area contributed by atoms with Crippen LogP contribution < -0.4 is 0 Å². The Morgan fingerprint density at radius 2 is 1.53 bits per heavy atom. The standard InChI is InChI=1S/C17H21NO/c1-13(18(2,3)4)15-11-8-12-16(17(15)19)14-9-6-5-7-10-14/h5-13H,1-4H3/p+1. The minimum atomic E-state index is 0.240. The Balaban J connectivity index is 2.51. The first-order chi connectivity index (χ1) is 8.91. The average molecular weight is 256 g/mol. The van der Waals surface area contributed by atoms with Gasteiger partial charge in [0.05, 0.1) is 26.7 Å². The summed E-state index contributed by atoms with van der Waals surface area (Å²) in [5.74, 6) is 0.397. The van der Waals surface area contributed by atoms with Crippen LogP contribution >= 0.6 is 0 Å². The molecular weight excluding hydrogens is 234 g/mol. The van der Waals surface area contributed by atoms with Crippen LogP contribution in [0.2, 0.25) is 0 Å². The van der Waals surface area contributed by atoms with Gasteiger partial charge in [-0.05, 0) is 18.6 Å². The van der Waals surface area contributed by atoms with Crippen molar-refractivity contribution in [2.45, 2.75) is 13.0 Å². The normalized spacial score (nSPS) is 13.3. The summed E-state index contributed by atoms with van der Waals surface area (Å²) >= 11 is 0. The number of phenolic OH excluding ortho intramolecular Hbond substituents is 1. The molecule has 2 rings (SSSR count). The van der Waals surface area contributed by atoms with Gasteiger partial charge >= 0.3 is 0 Å². The van der Waals surface area contributed by atoms with Crippen LogP contribution in [0.3, 0.4) is 0 Å². The second-order valence-electron chi connectivity index (χ2n) is 5.90. The highest BCUT2D eigenvalue weighted by Gasteiger charge is 2.24. The number of phenols is 1. The van der Waals surface area contributed by atoms with Crippen LogP contribution in [0.25, 0.3) is 11.1 Å². The highest BCUT2D eigenvalue weighted by Crippen LogP contribution is 2.37. The summed E-state index contributed by atoms with van der Waals surface area (Å²) in [6.07, 6.45) is 0. The highest BCUT2D eigenvalue weighted by atomic mass is 16.3. The molecule has 0 aromatic heterocycles. The number of quaternary nitrogens is 1. The molecule has 1 N–H and O–H groups in total. The van der Waals surface area contributed by atoms with Crippen LogP contribution in [0.1, 0.15) is 18.5 Å². The molecule has 2 heteroatoms. The van der Waals surface area contributed by atoms with Crippen molar-refractivity contribution in [3.8, 4) is 16.9 Å². The molecule has 0 bridgehead atoms. The maximum Gasteiger partial charge on any atom is 0.132 e.